The summed E-state index contributed by atoms with van der Waals surface area (Å²) in [4.78, 5) is 2.53. The Kier molecular flexibility index (Phi) is 8.28. The molecule has 1 nitrogen and oxygen atoms in total. The van der Waals surface area contributed by atoms with Gasteiger partial charge in [0, 0.05) is 42.6 Å². The third-order valence-corrected chi connectivity index (χ3v) is 15.7. The van der Waals surface area contributed by atoms with Gasteiger partial charge in [-0.15, -0.1) is 11.3 Å². The molecule has 0 radical (unpaired) electrons. The molecule has 7 aromatic rings. The van der Waals surface area contributed by atoms with E-state index in [2.05, 4.69) is 150 Å². The maximum absolute atomic E-state index is 2.53. The molecule has 0 N–H and O–H groups in total. The lowest BCUT2D eigenvalue weighted by Crippen LogP contribution is -2.48. The lowest BCUT2D eigenvalue weighted by atomic mass is 9.48. The Morgan fingerprint density at radius 2 is 1.04 bits per heavy atom. The van der Waals surface area contributed by atoms with Crippen LogP contribution in [0.2, 0.25) is 0 Å². The summed E-state index contributed by atoms with van der Waals surface area (Å²) < 4.78 is 2.69. The van der Waals surface area contributed by atoms with E-state index in [1.165, 1.54) is 137 Å². The first-order chi connectivity index (χ1) is 27.1. The van der Waals surface area contributed by atoms with Crippen LogP contribution in [0.1, 0.15) is 93.7 Å². The largest absolute Gasteiger partial charge is 0.310 e. The van der Waals surface area contributed by atoms with Gasteiger partial charge in [0.2, 0.25) is 0 Å². The van der Waals surface area contributed by atoms with Crippen molar-refractivity contribution in [2.24, 2.45) is 17.8 Å². The summed E-state index contributed by atoms with van der Waals surface area (Å²) in [6.45, 7) is 0. The fourth-order valence-electron chi connectivity index (χ4n) is 12.5. The van der Waals surface area contributed by atoms with E-state index in [0.29, 0.717) is 5.41 Å². The van der Waals surface area contributed by atoms with Crippen LogP contribution in [0.5, 0.6) is 0 Å². The van der Waals surface area contributed by atoms with Crippen LogP contribution in [-0.4, -0.2) is 0 Å². The second kappa shape index (κ2) is 13.5. The molecule has 1 aromatic heterocycles. The highest BCUT2D eigenvalue weighted by atomic mass is 32.1. The Morgan fingerprint density at radius 1 is 0.473 bits per heavy atom. The van der Waals surface area contributed by atoms with Gasteiger partial charge < -0.3 is 4.90 Å². The molecule has 0 aliphatic heterocycles. The lowest BCUT2D eigenvalue weighted by molar-refractivity contribution is -0.00518. The van der Waals surface area contributed by atoms with Crippen molar-refractivity contribution in [3.05, 3.63) is 162 Å². The summed E-state index contributed by atoms with van der Waals surface area (Å²) in [7, 11) is 0. The van der Waals surface area contributed by atoms with E-state index in [1.807, 2.05) is 11.3 Å². The minimum Gasteiger partial charge on any atom is -0.310 e. The Bertz CT molecular complexity index is 2410. The molecule has 0 unspecified atom stereocenters. The van der Waals surface area contributed by atoms with Crippen LogP contribution in [0.15, 0.2) is 146 Å². The van der Waals surface area contributed by atoms with E-state index in [4.69, 9.17) is 0 Å². The van der Waals surface area contributed by atoms with Crippen molar-refractivity contribution in [1.29, 1.82) is 0 Å². The minimum absolute atomic E-state index is 0.0724. The monoisotopic (exact) mass is 733 g/mol. The van der Waals surface area contributed by atoms with Gasteiger partial charge in [-0.3, -0.25) is 0 Å². The molecule has 5 fully saturated rings. The van der Waals surface area contributed by atoms with Gasteiger partial charge in [0.25, 0.3) is 0 Å². The minimum atomic E-state index is 0.0724. The van der Waals surface area contributed by atoms with Gasteiger partial charge in [-0.1, -0.05) is 123 Å². The predicted molar refractivity (Wildman–Crippen MR) is 234 cm³/mol. The van der Waals surface area contributed by atoms with Crippen molar-refractivity contribution in [3.8, 4) is 11.1 Å². The molecule has 274 valence electrons. The Balaban J connectivity index is 1.04. The summed E-state index contributed by atoms with van der Waals surface area (Å²) in [5.41, 5.74) is 11.3. The van der Waals surface area contributed by atoms with Gasteiger partial charge in [0.05, 0.1) is 0 Å². The normalized spacial score (nSPS) is 24.3. The second-order valence-corrected chi connectivity index (χ2v) is 18.9. The molecular formula is C53H51NS. The molecule has 0 saturated heterocycles. The number of hydrogen-bond acceptors (Lipinski definition) is 2. The zero-order valence-corrected chi connectivity index (χ0v) is 32.7. The van der Waals surface area contributed by atoms with E-state index < -0.39 is 0 Å². The van der Waals surface area contributed by atoms with Gasteiger partial charge in [-0.2, -0.15) is 0 Å². The number of hydrogen-bond donors (Lipinski definition) is 0. The highest BCUT2D eigenvalue weighted by molar-refractivity contribution is 7.26. The van der Waals surface area contributed by atoms with E-state index in [-0.39, 0.29) is 5.41 Å². The zero-order chi connectivity index (χ0) is 36.4. The number of nitrogens with zero attached hydrogens (tertiary/aromatic N) is 1. The van der Waals surface area contributed by atoms with Gasteiger partial charge in [0.1, 0.15) is 0 Å². The van der Waals surface area contributed by atoms with Crippen LogP contribution >= 0.6 is 11.3 Å². The molecule has 0 amide bonds. The van der Waals surface area contributed by atoms with Crippen LogP contribution in [0.25, 0.3) is 31.3 Å². The van der Waals surface area contributed by atoms with Crippen molar-refractivity contribution < 1.29 is 0 Å². The third kappa shape index (κ3) is 5.78. The number of thiophene rings is 1. The average molecular weight is 734 g/mol. The van der Waals surface area contributed by atoms with Gasteiger partial charge in [-0.25, -0.2) is 0 Å². The first-order valence-corrected chi connectivity index (χ1v) is 22.0. The van der Waals surface area contributed by atoms with E-state index >= 15 is 0 Å². The SMILES string of the molecule is c1ccc(-c2cccc3sc4ccc(N(c5ccc(C67CC8CC(CC(C8)C6)C7)cc5)c5ccc(C6(c7ccccc7)CCCCCC6)cc5)cc4c23)cc1. The number of fused-ring (bicyclic) bond motifs is 3. The van der Waals surface area contributed by atoms with Crippen LogP contribution in [-0.2, 0) is 10.8 Å². The number of rotatable bonds is 7. The van der Waals surface area contributed by atoms with Crippen molar-refractivity contribution in [1.82, 2.24) is 0 Å². The molecule has 5 aliphatic carbocycles. The fourth-order valence-corrected chi connectivity index (χ4v) is 13.6. The first kappa shape index (κ1) is 33.7. The number of benzene rings is 6. The molecule has 55 heavy (non-hydrogen) atoms. The zero-order valence-electron chi connectivity index (χ0n) is 31.9. The topological polar surface area (TPSA) is 3.24 Å². The van der Waals surface area contributed by atoms with Crippen LogP contribution in [0, 0.1) is 17.8 Å². The standard InChI is InChI=1S/C53H51NS/c1-2-10-29-53(28-9-1,42-14-7-4-8-15-42)43-20-24-45(25-21-43)54(44-22-18-41(19-23-44)52-34-37-30-38(35-52)32-39(31-37)36-52)46-26-27-49-48(33-46)51-47(16-11-17-50(51)55-49)40-12-5-3-6-13-40/h3-8,11-27,33,37-39H,1-2,9-10,28-32,34-36H2. The van der Waals surface area contributed by atoms with Crippen LogP contribution < -0.4 is 4.90 Å². The van der Waals surface area contributed by atoms with Crippen LogP contribution in [0.4, 0.5) is 17.1 Å². The summed E-state index contributed by atoms with van der Waals surface area (Å²) in [6.07, 6.45) is 16.4. The number of anilines is 3. The molecule has 5 saturated carbocycles. The van der Waals surface area contributed by atoms with Crippen LogP contribution in [0.3, 0.4) is 0 Å². The second-order valence-electron chi connectivity index (χ2n) is 17.8. The molecule has 1 heterocycles. The van der Waals surface area contributed by atoms with Crippen molar-refractivity contribution in [2.45, 2.75) is 87.9 Å². The van der Waals surface area contributed by atoms with E-state index in [9.17, 15) is 0 Å². The highest BCUT2D eigenvalue weighted by Gasteiger charge is 2.51. The predicted octanol–water partition coefficient (Wildman–Crippen LogP) is 15.3. The fraction of sp³-hybridized carbons (Fsp3) is 0.321. The first-order valence-electron chi connectivity index (χ1n) is 21.2. The Morgan fingerprint density at radius 3 is 1.67 bits per heavy atom. The summed E-state index contributed by atoms with van der Waals surface area (Å²) in [5, 5.41) is 2.70. The lowest BCUT2D eigenvalue weighted by Gasteiger charge is -2.57. The maximum Gasteiger partial charge on any atom is 0.0468 e. The summed E-state index contributed by atoms with van der Waals surface area (Å²) in [6, 6.07) is 56.0. The average Bonchev–Trinajstić information content (AvgIpc) is 3.41. The molecule has 0 atom stereocenters. The van der Waals surface area contributed by atoms with E-state index in [1.54, 1.807) is 5.56 Å². The summed E-state index contributed by atoms with van der Waals surface area (Å²) in [5.74, 6) is 2.84. The Labute approximate surface area is 331 Å². The molecular weight excluding hydrogens is 683 g/mol. The molecule has 0 spiro atoms. The van der Waals surface area contributed by atoms with E-state index in [0.717, 1.165) is 17.8 Å². The van der Waals surface area contributed by atoms with Crippen molar-refractivity contribution >= 4 is 48.6 Å². The third-order valence-electron chi connectivity index (χ3n) is 14.6. The quantitative estimate of drug-likeness (QED) is 0.147. The smallest absolute Gasteiger partial charge is 0.0468 e. The highest BCUT2D eigenvalue weighted by Crippen LogP contribution is 2.61. The molecule has 5 aliphatic rings. The molecule has 12 rings (SSSR count). The van der Waals surface area contributed by atoms with Crippen molar-refractivity contribution in [3.63, 3.8) is 0 Å². The molecule has 2 heteroatoms. The van der Waals surface area contributed by atoms with Crippen molar-refractivity contribution in [2.75, 3.05) is 4.90 Å². The maximum atomic E-state index is 2.53. The van der Waals surface area contributed by atoms with Gasteiger partial charge in [-0.05, 0) is 151 Å². The Hall–Kier alpha value is -4.66. The molecule has 4 bridgehead atoms. The van der Waals surface area contributed by atoms with Gasteiger partial charge >= 0.3 is 0 Å². The molecule has 6 aromatic carbocycles. The van der Waals surface area contributed by atoms with Gasteiger partial charge in [0.15, 0.2) is 0 Å². The summed E-state index contributed by atoms with van der Waals surface area (Å²) >= 11 is 1.91.